The summed E-state index contributed by atoms with van der Waals surface area (Å²) in [6, 6.07) is 3.28. The molecule has 1 aliphatic rings. The van der Waals surface area contributed by atoms with E-state index < -0.39 is 11.9 Å². The van der Waals surface area contributed by atoms with Crippen LogP contribution in [0.5, 0.6) is 0 Å². The van der Waals surface area contributed by atoms with Crippen LogP contribution in [-0.2, 0) is 4.79 Å². The molecule has 0 radical (unpaired) electrons. The fourth-order valence-electron chi connectivity index (χ4n) is 2.08. The van der Waals surface area contributed by atoms with Gasteiger partial charge in [0.25, 0.3) is 5.91 Å². The number of rotatable bonds is 2. The van der Waals surface area contributed by atoms with Crippen molar-refractivity contribution < 1.29 is 14.7 Å². The number of carbonyl (C=O) groups is 2. The highest BCUT2D eigenvalue weighted by Gasteiger charge is 2.28. The van der Waals surface area contributed by atoms with Gasteiger partial charge in [-0.25, -0.2) is 4.98 Å². The monoisotopic (exact) mass is 312 g/mol. The topological polar surface area (TPSA) is 70.5 Å². The minimum atomic E-state index is -0.830. The molecule has 1 aromatic rings. The van der Waals surface area contributed by atoms with Gasteiger partial charge in [0.1, 0.15) is 4.60 Å². The van der Waals surface area contributed by atoms with Crippen LogP contribution < -0.4 is 0 Å². The van der Waals surface area contributed by atoms with Gasteiger partial charge in [-0.15, -0.1) is 0 Å². The van der Waals surface area contributed by atoms with Crippen molar-refractivity contribution in [2.45, 2.75) is 12.8 Å². The number of nitrogens with zero attached hydrogens (tertiary/aromatic N) is 2. The lowest BCUT2D eigenvalue weighted by molar-refractivity contribution is -0.143. The van der Waals surface area contributed by atoms with E-state index in [-0.39, 0.29) is 12.5 Å². The van der Waals surface area contributed by atoms with Gasteiger partial charge in [-0.2, -0.15) is 0 Å². The molecule has 1 saturated heterocycles. The van der Waals surface area contributed by atoms with Gasteiger partial charge in [0.05, 0.1) is 5.92 Å². The van der Waals surface area contributed by atoms with E-state index in [0.29, 0.717) is 23.1 Å². The van der Waals surface area contributed by atoms with Crippen LogP contribution in [0.15, 0.2) is 22.9 Å². The molecular formula is C12H13BrN2O3. The Morgan fingerprint density at radius 3 is 2.94 bits per heavy atom. The van der Waals surface area contributed by atoms with Crippen LogP contribution in [0.1, 0.15) is 23.2 Å². The third-order valence-corrected chi connectivity index (χ3v) is 3.47. The molecule has 0 spiro atoms. The van der Waals surface area contributed by atoms with Crippen LogP contribution in [0.3, 0.4) is 0 Å². The van der Waals surface area contributed by atoms with E-state index in [1.807, 2.05) is 0 Å². The SMILES string of the molecule is O=C(O)[C@@H]1CCCN(C(=O)c2ccnc(Br)c2)C1. The molecule has 6 heteroatoms. The Kier molecular flexibility index (Phi) is 3.96. The van der Waals surface area contributed by atoms with Crippen LogP contribution in [-0.4, -0.2) is 40.0 Å². The second-order valence-corrected chi connectivity index (χ2v) is 5.11. The van der Waals surface area contributed by atoms with Gasteiger partial charge in [0.15, 0.2) is 0 Å². The minimum Gasteiger partial charge on any atom is -0.481 e. The molecule has 0 aromatic carbocycles. The fraction of sp³-hybridized carbons (Fsp3) is 0.417. The number of pyridine rings is 1. The van der Waals surface area contributed by atoms with Crippen molar-refractivity contribution in [3.05, 3.63) is 28.5 Å². The number of carboxylic acids is 1. The second-order valence-electron chi connectivity index (χ2n) is 4.30. The number of aromatic nitrogens is 1. The van der Waals surface area contributed by atoms with Crippen LogP contribution in [0, 0.1) is 5.92 Å². The summed E-state index contributed by atoms with van der Waals surface area (Å²) in [5, 5.41) is 9.00. The van der Waals surface area contributed by atoms with Gasteiger partial charge in [-0.3, -0.25) is 9.59 Å². The van der Waals surface area contributed by atoms with E-state index in [2.05, 4.69) is 20.9 Å². The van der Waals surface area contributed by atoms with Crippen molar-refractivity contribution in [2.24, 2.45) is 5.92 Å². The Morgan fingerprint density at radius 2 is 2.28 bits per heavy atom. The summed E-state index contributed by atoms with van der Waals surface area (Å²) >= 11 is 3.21. The van der Waals surface area contributed by atoms with E-state index in [4.69, 9.17) is 5.11 Å². The number of piperidine rings is 1. The van der Waals surface area contributed by atoms with Gasteiger partial charge < -0.3 is 10.0 Å². The average Bonchev–Trinajstić information content (AvgIpc) is 2.38. The van der Waals surface area contributed by atoms with Crippen LogP contribution >= 0.6 is 15.9 Å². The summed E-state index contributed by atoms with van der Waals surface area (Å²) in [5.41, 5.74) is 0.530. The van der Waals surface area contributed by atoms with Crippen molar-refractivity contribution >= 4 is 27.8 Å². The van der Waals surface area contributed by atoms with Gasteiger partial charge in [-0.1, -0.05) is 0 Å². The predicted octanol–water partition coefficient (Wildman–Crippen LogP) is 1.78. The number of amides is 1. The molecule has 0 saturated carbocycles. The van der Waals surface area contributed by atoms with Gasteiger partial charge in [-0.05, 0) is 40.9 Å². The van der Waals surface area contributed by atoms with E-state index >= 15 is 0 Å². The number of carbonyl (C=O) groups excluding carboxylic acids is 1. The Bertz CT molecular complexity index is 478. The molecular weight excluding hydrogens is 300 g/mol. The van der Waals surface area contributed by atoms with Crippen LogP contribution in [0.25, 0.3) is 0 Å². The zero-order chi connectivity index (χ0) is 13.1. The first-order valence-electron chi connectivity index (χ1n) is 5.71. The molecule has 1 amide bonds. The van der Waals surface area contributed by atoms with E-state index in [9.17, 15) is 9.59 Å². The normalized spacial score (nSPS) is 19.6. The maximum atomic E-state index is 12.2. The molecule has 96 valence electrons. The Labute approximate surface area is 113 Å². The standard InChI is InChI=1S/C12H13BrN2O3/c13-10-6-8(3-4-14-10)11(16)15-5-1-2-9(7-15)12(17)18/h3-4,6,9H,1-2,5,7H2,(H,17,18)/t9-/m1/s1. The highest BCUT2D eigenvalue weighted by atomic mass is 79.9. The van der Waals surface area contributed by atoms with E-state index in [1.165, 1.54) is 0 Å². The second kappa shape index (κ2) is 5.48. The smallest absolute Gasteiger partial charge is 0.308 e. The Hall–Kier alpha value is -1.43. The first kappa shape index (κ1) is 13.0. The van der Waals surface area contributed by atoms with Crippen molar-refractivity contribution in [2.75, 3.05) is 13.1 Å². The molecule has 18 heavy (non-hydrogen) atoms. The Morgan fingerprint density at radius 1 is 1.50 bits per heavy atom. The highest BCUT2D eigenvalue weighted by molar-refractivity contribution is 9.10. The predicted molar refractivity (Wildman–Crippen MR) is 68.2 cm³/mol. The number of hydrogen-bond acceptors (Lipinski definition) is 3. The number of aliphatic carboxylic acids is 1. The Balaban J connectivity index is 2.11. The number of hydrogen-bond donors (Lipinski definition) is 1. The van der Waals surface area contributed by atoms with Gasteiger partial charge >= 0.3 is 5.97 Å². The number of halogens is 1. The number of likely N-dealkylation sites (tertiary alicyclic amines) is 1. The van der Waals surface area contributed by atoms with Gasteiger partial charge in [0.2, 0.25) is 0 Å². The van der Waals surface area contributed by atoms with E-state index in [0.717, 1.165) is 6.42 Å². The first-order chi connectivity index (χ1) is 8.58. The molecule has 5 nitrogen and oxygen atoms in total. The van der Waals surface area contributed by atoms with E-state index in [1.54, 1.807) is 23.2 Å². The molecule has 1 atom stereocenters. The first-order valence-corrected chi connectivity index (χ1v) is 6.51. The summed E-state index contributed by atoms with van der Waals surface area (Å²) < 4.78 is 0.597. The average molecular weight is 313 g/mol. The summed E-state index contributed by atoms with van der Waals surface area (Å²) in [6.45, 7) is 0.899. The summed E-state index contributed by atoms with van der Waals surface area (Å²) in [6.07, 6.45) is 2.92. The zero-order valence-corrected chi connectivity index (χ0v) is 11.3. The molecule has 2 heterocycles. The molecule has 1 N–H and O–H groups in total. The van der Waals surface area contributed by atoms with Gasteiger partial charge in [0, 0.05) is 24.8 Å². The largest absolute Gasteiger partial charge is 0.481 e. The molecule has 2 rings (SSSR count). The fourth-order valence-corrected chi connectivity index (χ4v) is 2.45. The summed E-state index contributed by atoms with van der Waals surface area (Å²) in [4.78, 5) is 28.7. The lowest BCUT2D eigenvalue weighted by Gasteiger charge is -2.30. The maximum Gasteiger partial charge on any atom is 0.308 e. The quantitative estimate of drug-likeness (QED) is 0.845. The number of carboxylic acid groups (broad SMARTS) is 1. The van der Waals surface area contributed by atoms with Crippen LogP contribution in [0.4, 0.5) is 0 Å². The van der Waals surface area contributed by atoms with Crippen molar-refractivity contribution in [3.63, 3.8) is 0 Å². The maximum absolute atomic E-state index is 12.2. The molecule has 0 unspecified atom stereocenters. The minimum absolute atomic E-state index is 0.135. The third-order valence-electron chi connectivity index (χ3n) is 3.03. The lowest BCUT2D eigenvalue weighted by atomic mass is 9.98. The van der Waals surface area contributed by atoms with Crippen molar-refractivity contribution in [1.82, 2.24) is 9.88 Å². The molecule has 0 aliphatic carbocycles. The van der Waals surface area contributed by atoms with Crippen LogP contribution in [0.2, 0.25) is 0 Å². The zero-order valence-electron chi connectivity index (χ0n) is 9.67. The molecule has 0 bridgehead atoms. The van der Waals surface area contributed by atoms with Crippen molar-refractivity contribution in [3.8, 4) is 0 Å². The summed E-state index contributed by atoms with van der Waals surface area (Å²) in [5.74, 6) is -1.42. The molecule has 1 aromatic heterocycles. The molecule has 1 fully saturated rings. The lowest BCUT2D eigenvalue weighted by Crippen LogP contribution is -2.42. The highest BCUT2D eigenvalue weighted by Crippen LogP contribution is 2.19. The third kappa shape index (κ3) is 2.87. The summed E-state index contributed by atoms with van der Waals surface area (Å²) in [7, 11) is 0. The van der Waals surface area contributed by atoms with Crippen molar-refractivity contribution in [1.29, 1.82) is 0 Å². The molecule has 1 aliphatic heterocycles.